The second kappa shape index (κ2) is 62.8. The average molecular weight is 1190 g/mol. The van der Waals surface area contributed by atoms with Crippen molar-refractivity contribution in [1.29, 1.82) is 0 Å². The highest BCUT2D eigenvalue weighted by atomic mass is 31.2. The van der Waals surface area contributed by atoms with Crippen molar-refractivity contribution in [2.45, 2.75) is 354 Å². The molecule has 3 atom stereocenters. The molecule has 0 aromatic rings. The van der Waals surface area contributed by atoms with Gasteiger partial charge in [-0.3, -0.25) is 18.6 Å². The van der Waals surface area contributed by atoms with Crippen molar-refractivity contribution >= 4 is 19.7 Å². The molecule has 0 saturated heterocycles. The van der Waals surface area contributed by atoms with E-state index in [0.717, 1.165) is 83.5 Å². The molecular formula is C73H138N2O7P+. The minimum Gasteiger partial charge on any atom is -0.456 e. The first kappa shape index (κ1) is 80.7. The highest BCUT2D eigenvalue weighted by Gasteiger charge is 2.30. The lowest BCUT2D eigenvalue weighted by molar-refractivity contribution is -0.870. The lowest BCUT2D eigenvalue weighted by atomic mass is 10.0. The fourth-order valence-electron chi connectivity index (χ4n) is 10.4. The van der Waals surface area contributed by atoms with Crippen molar-refractivity contribution in [3.05, 3.63) is 60.8 Å². The van der Waals surface area contributed by atoms with Crippen LogP contribution >= 0.6 is 7.82 Å². The van der Waals surface area contributed by atoms with Crippen molar-refractivity contribution < 1.29 is 37.3 Å². The summed E-state index contributed by atoms with van der Waals surface area (Å²) in [5, 5.41) is 3.07. The number of hydrogen-bond donors (Lipinski definition) is 2. The number of phosphoric ester groups is 1. The van der Waals surface area contributed by atoms with Gasteiger partial charge in [0.25, 0.3) is 0 Å². The van der Waals surface area contributed by atoms with Gasteiger partial charge < -0.3 is 19.4 Å². The van der Waals surface area contributed by atoms with Crippen LogP contribution in [0, 0.1) is 0 Å². The number of nitrogens with zero attached hydrogens (tertiary/aromatic N) is 1. The van der Waals surface area contributed by atoms with E-state index < -0.39 is 20.0 Å². The fourth-order valence-corrected chi connectivity index (χ4v) is 11.2. The number of allylic oxidation sites excluding steroid dienone is 9. The number of esters is 1. The molecule has 10 heteroatoms. The summed E-state index contributed by atoms with van der Waals surface area (Å²) < 4.78 is 30.8. The Labute approximate surface area is 515 Å². The van der Waals surface area contributed by atoms with Crippen molar-refractivity contribution in [2.24, 2.45) is 0 Å². The summed E-state index contributed by atoms with van der Waals surface area (Å²) in [6.45, 7) is 7.02. The van der Waals surface area contributed by atoms with Crippen molar-refractivity contribution in [1.82, 2.24) is 5.32 Å². The van der Waals surface area contributed by atoms with E-state index in [1.165, 1.54) is 225 Å². The Morgan fingerprint density at radius 3 is 1.13 bits per heavy atom. The van der Waals surface area contributed by atoms with Crippen LogP contribution in [0.2, 0.25) is 0 Å². The molecule has 0 aromatic heterocycles. The van der Waals surface area contributed by atoms with Crippen LogP contribution in [-0.2, 0) is 27.9 Å². The Bertz CT molecular complexity index is 1600. The minimum absolute atomic E-state index is 0.0380. The zero-order chi connectivity index (χ0) is 60.7. The molecule has 3 unspecified atom stereocenters. The molecule has 0 rings (SSSR count). The maximum Gasteiger partial charge on any atom is 0.472 e. The molecule has 0 aliphatic heterocycles. The number of rotatable bonds is 65. The first-order valence-corrected chi connectivity index (χ1v) is 37.1. The van der Waals surface area contributed by atoms with E-state index in [9.17, 15) is 19.0 Å². The highest BCUT2D eigenvalue weighted by molar-refractivity contribution is 7.47. The van der Waals surface area contributed by atoms with Crippen LogP contribution in [0.3, 0.4) is 0 Å². The van der Waals surface area contributed by atoms with E-state index in [-0.39, 0.29) is 31.5 Å². The third-order valence-electron chi connectivity index (χ3n) is 15.9. The standard InChI is InChI=1S/C73H137N2O7P/c1-7-10-13-16-19-22-25-28-30-32-34-35-36-37-38-39-41-42-44-47-50-53-56-59-62-65-72(76)74-70(69-81-83(78,79)80-68-67-75(4,5)6)71(64-61-58-55-52-49-46-27-24-21-18-15-12-9-3)82-73(77)66-63-60-57-54-51-48-45-43-40-33-31-29-26-23-20-17-14-11-8-2/h20,23,28-31,40,43,61,64,70-71H,7-19,21-22,24-27,32-39,41-42,44-60,62-63,65-69H2,1-6H3,(H-,74,76,78,79)/p+1/b23-20-,30-28+,31-29-,43-40-,64-61-. The molecule has 0 radical (unpaired) electrons. The molecule has 0 heterocycles. The molecule has 486 valence electrons. The molecule has 0 aromatic carbocycles. The molecule has 0 spiro atoms. The lowest BCUT2D eigenvalue weighted by Crippen LogP contribution is -2.47. The van der Waals surface area contributed by atoms with E-state index in [2.05, 4.69) is 74.7 Å². The van der Waals surface area contributed by atoms with Crippen LogP contribution in [0.15, 0.2) is 60.8 Å². The Hall–Kier alpha value is -2.29. The van der Waals surface area contributed by atoms with Crippen LogP contribution in [0.4, 0.5) is 0 Å². The Kier molecular flexibility index (Phi) is 61.0. The first-order valence-electron chi connectivity index (χ1n) is 35.6. The quantitative estimate of drug-likeness (QED) is 0.0205. The van der Waals surface area contributed by atoms with Crippen LogP contribution in [0.1, 0.15) is 342 Å². The normalized spacial score (nSPS) is 13.9. The van der Waals surface area contributed by atoms with Gasteiger partial charge in [0.2, 0.25) is 5.91 Å². The van der Waals surface area contributed by atoms with Gasteiger partial charge in [-0.05, 0) is 96.0 Å². The van der Waals surface area contributed by atoms with Crippen LogP contribution in [-0.4, -0.2) is 74.3 Å². The molecule has 9 nitrogen and oxygen atoms in total. The smallest absolute Gasteiger partial charge is 0.456 e. The predicted octanol–water partition coefficient (Wildman–Crippen LogP) is 22.6. The first-order chi connectivity index (χ1) is 40.4. The largest absolute Gasteiger partial charge is 0.472 e. The van der Waals surface area contributed by atoms with Gasteiger partial charge in [0.05, 0.1) is 33.8 Å². The maximum absolute atomic E-state index is 13.6. The number of ether oxygens (including phenoxy) is 1. The summed E-state index contributed by atoms with van der Waals surface area (Å²) in [7, 11) is 1.50. The van der Waals surface area contributed by atoms with Gasteiger partial charge in [0.1, 0.15) is 19.3 Å². The summed E-state index contributed by atoms with van der Waals surface area (Å²) in [5.41, 5.74) is 0. The zero-order valence-electron chi connectivity index (χ0n) is 55.7. The summed E-state index contributed by atoms with van der Waals surface area (Å²) in [4.78, 5) is 37.9. The molecule has 1 amide bonds. The minimum atomic E-state index is -4.46. The third kappa shape index (κ3) is 64.0. The predicted molar refractivity (Wildman–Crippen MR) is 360 cm³/mol. The van der Waals surface area contributed by atoms with Gasteiger partial charge in [-0.2, -0.15) is 0 Å². The number of amides is 1. The van der Waals surface area contributed by atoms with E-state index in [4.69, 9.17) is 13.8 Å². The molecule has 0 aliphatic rings. The SMILES string of the molecule is CCCCC/C=C\C/C=C\C/C=C\CCCCCCCCC(=O)OC(/C=C\CCCCCCCCCCCCC)C(COP(=O)(O)OCC[N+](C)(C)C)NC(=O)CCCCCCCCCCCCCCCCC/C=C/CCCCCCCC. The van der Waals surface area contributed by atoms with Crippen molar-refractivity contribution in [3.63, 3.8) is 0 Å². The zero-order valence-corrected chi connectivity index (χ0v) is 56.6. The highest BCUT2D eigenvalue weighted by Crippen LogP contribution is 2.43. The molecular weight excluding hydrogens is 1050 g/mol. The topological polar surface area (TPSA) is 111 Å². The van der Waals surface area contributed by atoms with Crippen molar-refractivity contribution in [2.75, 3.05) is 40.9 Å². The summed E-state index contributed by atoms with van der Waals surface area (Å²) in [6, 6.07) is -0.855. The number of carbonyl (C=O) groups is 2. The Morgan fingerprint density at radius 2 is 0.735 bits per heavy atom. The number of hydrogen-bond acceptors (Lipinski definition) is 6. The summed E-state index contributed by atoms with van der Waals surface area (Å²) in [5.74, 6) is -0.507. The molecule has 0 fully saturated rings. The Balaban J connectivity index is 5.10. The second-order valence-corrected chi connectivity index (χ2v) is 26.9. The van der Waals surface area contributed by atoms with E-state index in [1.54, 1.807) is 0 Å². The number of nitrogens with one attached hydrogen (secondary N) is 1. The van der Waals surface area contributed by atoms with E-state index >= 15 is 0 Å². The maximum atomic E-state index is 13.6. The van der Waals surface area contributed by atoms with E-state index in [0.29, 0.717) is 17.4 Å². The van der Waals surface area contributed by atoms with Gasteiger partial charge in [0, 0.05) is 12.8 Å². The van der Waals surface area contributed by atoms with Gasteiger partial charge in [-0.15, -0.1) is 0 Å². The third-order valence-corrected chi connectivity index (χ3v) is 16.9. The van der Waals surface area contributed by atoms with Gasteiger partial charge in [0.15, 0.2) is 0 Å². The van der Waals surface area contributed by atoms with Gasteiger partial charge in [-0.25, -0.2) is 4.57 Å². The molecule has 0 bridgehead atoms. The number of quaternary nitrogens is 1. The fraction of sp³-hybridized carbons (Fsp3) is 0.836. The van der Waals surface area contributed by atoms with E-state index in [1.807, 2.05) is 33.3 Å². The average Bonchev–Trinajstić information content (AvgIpc) is 3.46. The molecule has 83 heavy (non-hydrogen) atoms. The second-order valence-electron chi connectivity index (χ2n) is 25.4. The Morgan fingerprint density at radius 1 is 0.422 bits per heavy atom. The molecule has 0 aliphatic carbocycles. The summed E-state index contributed by atoms with van der Waals surface area (Å²) in [6.07, 6.45) is 80.8. The van der Waals surface area contributed by atoms with Crippen LogP contribution < -0.4 is 5.32 Å². The van der Waals surface area contributed by atoms with Gasteiger partial charge >= 0.3 is 13.8 Å². The molecule has 0 saturated carbocycles. The van der Waals surface area contributed by atoms with Crippen LogP contribution in [0.5, 0.6) is 0 Å². The lowest BCUT2D eigenvalue weighted by Gasteiger charge is -2.27. The number of carbonyl (C=O) groups excluding carboxylic acids is 2. The van der Waals surface area contributed by atoms with Crippen LogP contribution in [0.25, 0.3) is 0 Å². The summed E-state index contributed by atoms with van der Waals surface area (Å²) >= 11 is 0. The monoisotopic (exact) mass is 1190 g/mol. The number of likely N-dealkylation sites (N-methyl/N-ethyl adjacent to an activating group) is 1. The number of unbranched alkanes of at least 4 members (excludes halogenated alkanes) is 41. The van der Waals surface area contributed by atoms with Gasteiger partial charge in [-0.1, -0.05) is 294 Å². The number of phosphoric acid groups is 1. The molecule has 2 N–H and O–H groups in total. The van der Waals surface area contributed by atoms with Crippen molar-refractivity contribution in [3.8, 4) is 0 Å².